The summed E-state index contributed by atoms with van der Waals surface area (Å²) >= 11 is 0. The molecule has 1 fully saturated rings. The quantitative estimate of drug-likeness (QED) is 0.809. The lowest BCUT2D eigenvalue weighted by Crippen LogP contribution is -2.49. The first-order valence-electron chi connectivity index (χ1n) is 9.10. The van der Waals surface area contributed by atoms with Crippen molar-refractivity contribution in [3.63, 3.8) is 0 Å². The van der Waals surface area contributed by atoms with Gasteiger partial charge in [-0.1, -0.05) is 13.0 Å². The molecule has 25 heavy (non-hydrogen) atoms. The van der Waals surface area contributed by atoms with Crippen molar-refractivity contribution in [2.24, 2.45) is 0 Å². The molecule has 1 saturated heterocycles. The standard InChI is InChI=1S/C19H27N5O/c1-3-17-21-11-14-23(17)13-9-19(25)22(2)16-7-6-12-24(15-16)18-8-4-5-10-20-18/h4-5,8,10-11,14,16H,3,6-7,9,12-13,15H2,1-2H3. The van der Waals surface area contributed by atoms with Gasteiger partial charge in [0.1, 0.15) is 11.6 Å². The molecule has 0 spiro atoms. The summed E-state index contributed by atoms with van der Waals surface area (Å²) in [6, 6.07) is 6.23. The molecule has 6 nitrogen and oxygen atoms in total. The number of imidazole rings is 1. The molecule has 2 aromatic heterocycles. The van der Waals surface area contributed by atoms with E-state index in [2.05, 4.69) is 26.4 Å². The number of likely N-dealkylation sites (N-methyl/N-ethyl adjacent to an activating group) is 1. The molecular formula is C19H27N5O. The second-order valence-corrected chi connectivity index (χ2v) is 6.58. The number of aromatic nitrogens is 3. The highest BCUT2D eigenvalue weighted by atomic mass is 16.2. The number of pyridine rings is 1. The highest BCUT2D eigenvalue weighted by Gasteiger charge is 2.26. The van der Waals surface area contributed by atoms with Crippen molar-refractivity contribution >= 4 is 11.7 Å². The Kier molecular flexibility index (Phi) is 5.68. The third kappa shape index (κ3) is 4.18. The van der Waals surface area contributed by atoms with Gasteiger partial charge < -0.3 is 14.4 Å². The van der Waals surface area contributed by atoms with E-state index in [1.807, 2.05) is 42.5 Å². The van der Waals surface area contributed by atoms with Crippen LogP contribution in [0.15, 0.2) is 36.8 Å². The number of piperidine rings is 1. The Hall–Kier alpha value is -2.37. The first kappa shape index (κ1) is 17.5. The summed E-state index contributed by atoms with van der Waals surface area (Å²) in [7, 11) is 1.93. The fourth-order valence-electron chi connectivity index (χ4n) is 3.47. The summed E-state index contributed by atoms with van der Waals surface area (Å²) in [6.45, 7) is 4.64. The third-order valence-electron chi connectivity index (χ3n) is 5.00. The Morgan fingerprint density at radius 3 is 2.96 bits per heavy atom. The molecule has 1 atom stereocenters. The van der Waals surface area contributed by atoms with Crippen LogP contribution < -0.4 is 4.90 Å². The number of nitrogens with zero attached hydrogens (tertiary/aromatic N) is 5. The van der Waals surface area contributed by atoms with Gasteiger partial charge in [0.05, 0.1) is 0 Å². The Labute approximate surface area is 149 Å². The van der Waals surface area contributed by atoms with Crippen LogP contribution in [0.1, 0.15) is 32.0 Å². The molecule has 3 rings (SSSR count). The smallest absolute Gasteiger partial charge is 0.224 e. The number of carbonyl (C=O) groups is 1. The van der Waals surface area contributed by atoms with E-state index in [9.17, 15) is 4.79 Å². The maximum Gasteiger partial charge on any atom is 0.224 e. The lowest BCUT2D eigenvalue weighted by Gasteiger charge is -2.38. The molecular weight excluding hydrogens is 314 g/mol. The summed E-state index contributed by atoms with van der Waals surface area (Å²) in [5.74, 6) is 2.23. The van der Waals surface area contributed by atoms with Crippen LogP contribution in [0.5, 0.6) is 0 Å². The topological polar surface area (TPSA) is 54.3 Å². The molecule has 0 radical (unpaired) electrons. The predicted octanol–water partition coefficient (Wildman–Crippen LogP) is 2.36. The van der Waals surface area contributed by atoms with Gasteiger partial charge in [0.25, 0.3) is 0 Å². The van der Waals surface area contributed by atoms with Crippen molar-refractivity contribution in [1.29, 1.82) is 0 Å². The molecule has 1 unspecified atom stereocenters. The lowest BCUT2D eigenvalue weighted by atomic mass is 10.0. The number of anilines is 1. The predicted molar refractivity (Wildman–Crippen MR) is 98.5 cm³/mol. The van der Waals surface area contributed by atoms with Gasteiger partial charge in [-0.15, -0.1) is 0 Å². The van der Waals surface area contributed by atoms with Crippen LogP contribution in [0, 0.1) is 0 Å². The van der Waals surface area contributed by atoms with Crippen molar-refractivity contribution in [2.45, 2.75) is 45.2 Å². The average Bonchev–Trinajstić information content (AvgIpc) is 3.14. The Morgan fingerprint density at radius 1 is 1.32 bits per heavy atom. The number of amides is 1. The molecule has 0 N–H and O–H groups in total. The van der Waals surface area contributed by atoms with E-state index < -0.39 is 0 Å². The van der Waals surface area contributed by atoms with Crippen molar-refractivity contribution < 1.29 is 4.79 Å². The van der Waals surface area contributed by atoms with Gasteiger partial charge in [-0.05, 0) is 25.0 Å². The molecule has 6 heteroatoms. The Bertz CT molecular complexity index is 684. The van der Waals surface area contributed by atoms with E-state index in [4.69, 9.17) is 0 Å². The normalized spacial score (nSPS) is 17.5. The largest absolute Gasteiger partial charge is 0.355 e. The highest BCUT2D eigenvalue weighted by Crippen LogP contribution is 2.20. The number of carbonyl (C=O) groups excluding carboxylic acids is 1. The summed E-state index contributed by atoms with van der Waals surface area (Å²) in [4.78, 5) is 25.6. The summed E-state index contributed by atoms with van der Waals surface area (Å²) in [6.07, 6.45) is 9.12. The Balaban J connectivity index is 1.56. The van der Waals surface area contributed by atoms with Crippen molar-refractivity contribution in [1.82, 2.24) is 19.4 Å². The summed E-state index contributed by atoms with van der Waals surface area (Å²) in [5, 5.41) is 0. The molecule has 1 aliphatic heterocycles. The van der Waals surface area contributed by atoms with Gasteiger partial charge in [-0.25, -0.2) is 9.97 Å². The second kappa shape index (κ2) is 8.14. The highest BCUT2D eigenvalue weighted by molar-refractivity contribution is 5.76. The molecule has 1 amide bonds. The SMILES string of the molecule is CCc1nccn1CCC(=O)N(C)C1CCCN(c2ccccn2)C1. The molecule has 0 aliphatic carbocycles. The van der Waals surface area contributed by atoms with Crippen molar-refractivity contribution in [3.05, 3.63) is 42.6 Å². The molecule has 0 bridgehead atoms. The third-order valence-corrected chi connectivity index (χ3v) is 5.00. The van der Waals surface area contributed by atoms with E-state index in [-0.39, 0.29) is 11.9 Å². The van der Waals surface area contributed by atoms with Gasteiger partial charge in [-0.3, -0.25) is 4.79 Å². The summed E-state index contributed by atoms with van der Waals surface area (Å²) < 4.78 is 2.08. The number of rotatable bonds is 6. The van der Waals surface area contributed by atoms with Crippen LogP contribution in [0.25, 0.3) is 0 Å². The van der Waals surface area contributed by atoms with Gasteiger partial charge >= 0.3 is 0 Å². The van der Waals surface area contributed by atoms with E-state index in [0.717, 1.165) is 44.0 Å². The first-order chi connectivity index (χ1) is 12.2. The van der Waals surface area contributed by atoms with Gasteiger partial charge in [0.2, 0.25) is 5.91 Å². The van der Waals surface area contributed by atoms with Crippen LogP contribution in [0.2, 0.25) is 0 Å². The van der Waals surface area contributed by atoms with Gasteiger partial charge in [0.15, 0.2) is 0 Å². The Morgan fingerprint density at radius 2 is 2.20 bits per heavy atom. The summed E-state index contributed by atoms with van der Waals surface area (Å²) in [5.41, 5.74) is 0. The zero-order valence-electron chi connectivity index (χ0n) is 15.1. The minimum absolute atomic E-state index is 0.198. The zero-order valence-corrected chi connectivity index (χ0v) is 15.1. The molecule has 0 aromatic carbocycles. The van der Waals surface area contributed by atoms with Crippen LogP contribution in [-0.4, -0.2) is 51.5 Å². The van der Waals surface area contributed by atoms with E-state index in [1.165, 1.54) is 0 Å². The molecule has 134 valence electrons. The average molecular weight is 341 g/mol. The molecule has 0 saturated carbocycles. The van der Waals surface area contributed by atoms with Crippen LogP contribution in [-0.2, 0) is 17.8 Å². The van der Waals surface area contributed by atoms with Crippen molar-refractivity contribution in [2.75, 3.05) is 25.0 Å². The van der Waals surface area contributed by atoms with E-state index in [0.29, 0.717) is 13.0 Å². The van der Waals surface area contributed by atoms with Gasteiger partial charge in [0, 0.05) is 64.2 Å². The minimum Gasteiger partial charge on any atom is -0.355 e. The maximum absolute atomic E-state index is 12.6. The van der Waals surface area contributed by atoms with Crippen LogP contribution in [0.4, 0.5) is 5.82 Å². The maximum atomic E-state index is 12.6. The fourth-order valence-corrected chi connectivity index (χ4v) is 3.47. The van der Waals surface area contributed by atoms with E-state index >= 15 is 0 Å². The lowest BCUT2D eigenvalue weighted by molar-refractivity contribution is -0.132. The molecule has 1 aliphatic rings. The van der Waals surface area contributed by atoms with Crippen molar-refractivity contribution in [3.8, 4) is 0 Å². The number of aryl methyl sites for hydroxylation is 2. The second-order valence-electron chi connectivity index (χ2n) is 6.58. The van der Waals surface area contributed by atoms with E-state index in [1.54, 1.807) is 6.20 Å². The minimum atomic E-state index is 0.198. The van der Waals surface area contributed by atoms with Crippen LogP contribution in [0.3, 0.4) is 0 Å². The number of hydrogen-bond donors (Lipinski definition) is 0. The van der Waals surface area contributed by atoms with Gasteiger partial charge in [-0.2, -0.15) is 0 Å². The van der Waals surface area contributed by atoms with Crippen LogP contribution >= 0.6 is 0 Å². The number of hydrogen-bond acceptors (Lipinski definition) is 4. The molecule has 3 heterocycles. The fraction of sp³-hybridized carbons (Fsp3) is 0.526. The first-order valence-corrected chi connectivity index (χ1v) is 9.10. The monoisotopic (exact) mass is 341 g/mol. The zero-order chi connectivity index (χ0) is 17.6. The molecule has 2 aromatic rings.